The van der Waals surface area contributed by atoms with Crippen LogP contribution in [-0.4, -0.2) is 9.13 Å². The molecule has 0 N–H and O–H groups in total. The average molecular weight is 701 g/mol. The quantitative estimate of drug-likeness (QED) is 0.162. The molecule has 6 aromatic carbocycles. The van der Waals surface area contributed by atoms with E-state index in [1.165, 1.54) is 24.3 Å². The minimum absolute atomic E-state index is 0.115. The highest BCUT2D eigenvalue weighted by Gasteiger charge is 2.40. The minimum atomic E-state index is -4.87. The normalized spacial score (nSPS) is 12.9. The summed E-state index contributed by atoms with van der Waals surface area (Å²) in [5, 5.41) is 3.16. The van der Waals surface area contributed by atoms with Gasteiger partial charge in [0.1, 0.15) is 5.56 Å². The van der Waals surface area contributed by atoms with Gasteiger partial charge in [0.2, 0.25) is 0 Å². The molecule has 0 aliphatic rings. The molecule has 0 atom stereocenters. The number of rotatable bonds is 3. The van der Waals surface area contributed by atoms with Crippen LogP contribution in [0.3, 0.4) is 0 Å². The molecule has 0 radical (unpaired) electrons. The van der Waals surface area contributed by atoms with Crippen molar-refractivity contribution >= 4 is 43.6 Å². The van der Waals surface area contributed by atoms with E-state index in [2.05, 4.69) is 41.5 Å². The fourth-order valence-electron chi connectivity index (χ4n) is 7.54. The van der Waals surface area contributed by atoms with Crippen LogP contribution in [0.15, 0.2) is 115 Å². The van der Waals surface area contributed by atoms with Gasteiger partial charge in [0.25, 0.3) is 0 Å². The van der Waals surface area contributed by atoms with Crippen molar-refractivity contribution < 1.29 is 22.0 Å². The van der Waals surface area contributed by atoms with Crippen molar-refractivity contribution in [2.75, 3.05) is 0 Å². The van der Waals surface area contributed by atoms with Gasteiger partial charge < -0.3 is 9.13 Å². The van der Waals surface area contributed by atoms with Crippen LogP contribution in [0, 0.1) is 11.6 Å². The van der Waals surface area contributed by atoms with Crippen molar-refractivity contribution in [2.24, 2.45) is 0 Å². The van der Waals surface area contributed by atoms with Crippen LogP contribution in [0.25, 0.3) is 66.1 Å². The van der Waals surface area contributed by atoms with Crippen molar-refractivity contribution in [1.82, 2.24) is 9.13 Å². The molecule has 2 aromatic heterocycles. The van der Waals surface area contributed by atoms with Crippen LogP contribution in [0.5, 0.6) is 0 Å². The van der Waals surface area contributed by atoms with Gasteiger partial charge in [-0.05, 0) is 82.1 Å². The number of hydrogen-bond donors (Lipinski definition) is 0. The third-order valence-electron chi connectivity index (χ3n) is 10.2. The van der Waals surface area contributed by atoms with Crippen molar-refractivity contribution in [3.63, 3.8) is 0 Å². The van der Waals surface area contributed by atoms with Gasteiger partial charge in [-0.2, -0.15) is 13.2 Å². The Kier molecular flexibility index (Phi) is 7.48. The fourth-order valence-corrected chi connectivity index (χ4v) is 7.54. The molecule has 262 valence electrons. The first-order chi connectivity index (χ1) is 24.5. The molecule has 52 heavy (non-hydrogen) atoms. The number of hydrogen-bond acceptors (Lipinski definition) is 0. The van der Waals surface area contributed by atoms with E-state index < -0.39 is 23.4 Å². The molecule has 0 amide bonds. The van der Waals surface area contributed by atoms with Gasteiger partial charge in [0.05, 0.1) is 33.4 Å². The smallest absolute Gasteiger partial charge is 0.309 e. The molecule has 7 heteroatoms. The van der Waals surface area contributed by atoms with E-state index in [0.717, 1.165) is 38.7 Å². The molecule has 0 unspecified atom stereocenters. The second-order valence-corrected chi connectivity index (χ2v) is 15.7. The second kappa shape index (κ2) is 11.5. The summed E-state index contributed by atoms with van der Waals surface area (Å²) in [6.45, 7) is 12.6. The molecule has 8 rings (SSSR count). The average Bonchev–Trinajstić information content (AvgIpc) is 3.60. The fraction of sp³-hybridized carbons (Fsp3) is 0.200. The largest absolute Gasteiger partial charge is 0.420 e. The zero-order chi connectivity index (χ0) is 36.9. The van der Waals surface area contributed by atoms with Crippen LogP contribution in [-0.2, 0) is 17.0 Å². The predicted octanol–water partition coefficient (Wildman–Crippen LogP) is 13.4. The number of benzene rings is 6. The lowest BCUT2D eigenvalue weighted by Gasteiger charge is -2.24. The third kappa shape index (κ3) is 5.28. The monoisotopic (exact) mass is 700 g/mol. The van der Waals surface area contributed by atoms with Gasteiger partial charge in [-0.25, -0.2) is 8.78 Å². The summed E-state index contributed by atoms with van der Waals surface area (Å²) in [4.78, 5) is 0. The van der Waals surface area contributed by atoms with E-state index in [0.29, 0.717) is 22.1 Å². The Hall–Kier alpha value is -5.43. The molecule has 0 saturated heterocycles. The van der Waals surface area contributed by atoms with Crippen LogP contribution < -0.4 is 0 Å². The Morgan fingerprint density at radius 1 is 0.462 bits per heavy atom. The number of para-hydroxylation sites is 2. The Morgan fingerprint density at radius 3 is 1.35 bits per heavy atom. The van der Waals surface area contributed by atoms with Gasteiger partial charge in [0, 0.05) is 27.1 Å². The topological polar surface area (TPSA) is 9.86 Å². The van der Waals surface area contributed by atoms with E-state index in [4.69, 9.17) is 0 Å². The number of aromatic nitrogens is 2. The SMILES string of the molecule is CC(C)(C)c1ccc2c(c1)c1ccccc1n2-c1cc(-c2cccc(F)c2F)cc(-n2c3ccccc3c3cc(C(C)(C)C)ccc32)c1C(F)(F)F. The van der Waals surface area contributed by atoms with E-state index in [9.17, 15) is 4.39 Å². The zero-order valence-electron chi connectivity index (χ0n) is 29.8. The van der Waals surface area contributed by atoms with E-state index in [-0.39, 0.29) is 33.3 Å². The first-order valence-corrected chi connectivity index (χ1v) is 17.3. The summed E-state index contributed by atoms with van der Waals surface area (Å²) >= 11 is 0. The van der Waals surface area contributed by atoms with Gasteiger partial charge in [-0.1, -0.05) is 102 Å². The van der Waals surface area contributed by atoms with E-state index in [1.807, 2.05) is 60.7 Å². The summed E-state index contributed by atoms with van der Waals surface area (Å²) in [6.07, 6.45) is -4.87. The van der Waals surface area contributed by atoms with Gasteiger partial charge in [-0.3, -0.25) is 0 Å². The molecular weight excluding hydrogens is 663 g/mol. The lowest BCUT2D eigenvalue weighted by atomic mass is 9.86. The predicted molar refractivity (Wildman–Crippen MR) is 203 cm³/mol. The standard InChI is InChI=1S/C45H37F5N2/c1-43(2,3)27-18-20-37-32(24-27)30-12-7-9-16-35(30)51(37)39-22-26(29-14-11-15-34(46)42(29)47)23-40(41(39)45(48,49)50)52-36-17-10-8-13-31(36)33-25-28(44(4,5)6)19-21-38(33)52/h7-25H,1-6H3. The highest BCUT2D eigenvalue weighted by Crippen LogP contribution is 2.47. The first-order valence-electron chi connectivity index (χ1n) is 17.3. The van der Waals surface area contributed by atoms with Crippen LogP contribution in [0.2, 0.25) is 0 Å². The first kappa shape index (κ1) is 33.7. The number of nitrogens with zero attached hydrogens (tertiary/aromatic N) is 2. The molecule has 0 saturated carbocycles. The highest BCUT2D eigenvalue weighted by atomic mass is 19.4. The number of alkyl halides is 3. The molecule has 2 nitrogen and oxygen atoms in total. The van der Waals surface area contributed by atoms with Crippen molar-refractivity contribution in [1.29, 1.82) is 0 Å². The van der Waals surface area contributed by atoms with Crippen molar-refractivity contribution in [2.45, 2.75) is 58.5 Å². The van der Waals surface area contributed by atoms with Gasteiger partial charge in [0.15, 0.2) is 11.6 Å². The lowest BCUT2D eigenvalue weighted by molar-refractivity contribution is -0.137. The molecular formula is C45H37F5N2. The Balaban J connectivity index is 1.58. The summed E-state index contributed by atoms with van der Waals surface area (Å²) in [5.74, 6) is -2.22. The number of halogens is 5. The highest BCUT2D eigenvalue weighted by molar-refractivity contribution is 6.11. The van der Waals surface area contributed by atoms with Crippen LogP contribution >= 0.6 is 0 Å². The zero-order valence-corrected chi connectivity index (χ0v) is 29.8. The summed E-state index contributed by atoms with van der Waals surface area (Å²) in [6, 6.07) is 32.9. The molecule has 0 aliphatic carbocycles. The molecule has 0 spiro atoms. The maximum absolute atomic E-state index is 16.1. The lowest BCUT2D eigenvalue weighted by Crippen LogP contribution is -2.16. The van der Waals surface area contributed by atoms with Gasteiger partial charge in [-0.15, -0.1) is 0 Å². The molecule has 8 aromatic rings. The summed E-state index contributed by atoms with van der Waals surface area (Å²) in [5.41, 5.74) is 2.64. The molecule has 0 fully saturated rings. The Morgan fingerprint density at radius 2 is 0.904 bits per heavy atom. The van der Waals surface area contributed by atoms with Crippen molar-refractivity contribution in [3.05, 3.63) is 144 Å². The van der Waals surface area contributed by atoms with Crippen LogP contribution in [0.4, 0.5) is 22.0 Å². The molecule has 2 heterocycles. The van der Waals surface area contributed by atoms with E-state index in [1.54, 1.807) is 33.4 Å². The maximum atomic E-state index is 16.1. The maximum Gasteiger partial charge on any atom is 0.420 e. The van der Waals surface area contributed by atoms with E-state index >= 15 is 17.6 Å². The second-order valence-electron chi connectivity index (χ2n) is 15.7. The Bertz CT molecular complexity index is 2560. The summed E-state index contributed by atoms with van der Waals surface area (Å²) < 4.78 is 81.9. The minimum Gasteiger partial charge on any atom is -0.309 e. The Labute approximate surface area is 298 Å². The third-order valence-corrected chi connectivity index (χ3v) is 10.2. The molecule has 0 aliphatic heterocycles. The molecule has 0 bridgehead atoms. The van der Waals surface area contributed by atoms with Crippen LogP contribution in [0.1, 0.15) is 58.2 Å². The van der Waals surface area contributed by atoms with Gasteiger partial charge >= 0.3 is 6.18 Å². The van der Waals surface area contributed by atoms with Crippen molar-refractivity contribution in [3.8, 4) is 22.5 Å². The number of fused-ring (bicyclic) bond motifs is 6. The summed E-state index contributed by atoms with van der Waals surface area (Å²) in [7, 11) is 0.